The molecule has 0 aliphatic carbocycles. The number of piperidine rings is 1. The van der Waals surface area contributed by atoms with Crippen molar-refractivity contribution in [1.29, 1.82) is 0 Å². The second kappa shape index (κ2) is 4.87. The minimum atomic E-state index is -0.0315. The van der Waals surface area contributed by atoms with Crippen molar-refractivity contribution in [2.24, 2.45) is 5.41 Å². The van der Waals surface area contributed by atoms with Gasteiger partial charge >= 0.3 is 0 Å². The Hall–Kier alpha value is -1.36. The second-order valence-corrected chi connectivity index (χ2v) is 5.15. The number of rotatable bonds is 3. The molecule has 17 heavy (non-hydrogen) atoms. The molecule has 0 aromatic carbocycles. The molecule has 94 valence electrons. The number of aryl methyl sites for hydroxylation is 1. The highest BCUT2D eigenvalue weighted by Crippen LogP contribution is 2.26. The lowest BCUT2D eigenvalue weighted by atomic mass is 9.81. The molecule has 1 aliphatic rings. The van der Waals surface area contributed by atoms with Gasteiger partial charge in [0.05, 0.1) is 11.8 Å². The molecular weight excluding hydrogens is 216 g/mol. The van der Waals surface area contributed by atoms with Crippen molar-refractivity contribution in [2.75, 3.05) is 19.6 Å². The standard InChI is InChI=1S/C12H20N4O/c1-9-10(7-15-16-9)11(17)14-8-12(2)3-5-13-6-4-12/h7,13H,3-6,8H2,1-2H3,(H,14,17)(H,15,16). The summed E-state index contributed by atoms with van der Waals surface area (Å²) in [7, 11) is 0. The van der Waals surface area contributed by atoms with Crippen LogP contribution in [-0.4, -0.2) is 35.7 Å². The molecule has 0 unspecified atom stereocenters. The maximum atomic E-state index is 11.9. The molecule has 5 nitrogen and oxygen atoms in total. The van der Waals surface area contributed by atoms with Crippen molar-refractivity contribution in [2.45, 2.75) is 26.7 Å². The molecule has 3 N–H and O–H groups in total. The molecule has 0 spiro atoms. The summed E-state index contributed by atoms with van der Waals surface area (Å²) >= 11 is 0. The van der Waals surface area contributed by atoms with Gasteiger partial charge in [-0.05, 0) is 38.3 Å². The quantitative estimate of drug-likeness (QED) is 0.728. The number of aromatic amines is 1. The third-order valence-corrected chi connectivity index (χ3v) is 3.56. The molecule has 1 aromatic heterocycles. The van der Waals surface area contributed by atoms with Gasteiger partial charge in [-0.25, -0.2) is 0 Å². The maximum Gasteiger partial charge on any atom is 0.254 e. The smallest absolute Gasteiger partial charge is 0.254 e. The average Bonchev–Trinajstić information content (AvgIpc) is 2.74. The number of nitrogens with one attached hydrogen (secondary N) is 3. The van der Waals surface area contributed by atoms with Gasteiger partial charge in [0.25, 0.3) is 5.91 Å². The molecule has 0 radical (unpaired) electrons. The average molecular weight is 236 g/mol. The monoisotopic (exact) mass is 236 g/mol. The Bertz CT molecular complexity index is 393. The zero-order valence-electron chi connectivity index (χ0n) is 10.5. The minimum Gasteiger partial charge on any atom is -0.351 e. The normalized spacial score (nSPS) is 18.9. The van der Waals surface area contributed by atoms with Crippen molar-refractivity contribution in [1.82, 2.24) is 20.8 Å². The van der Waals surface area contributed by atoms with E-state index >= 15 is 0 Å². The number of carbonyl (C=O) groups excluding carboxylic acids is 1. The van der Waals surface area contributed by atoms with E-state index in [0.717, 1.165) is 38.2 Å². The number of H-pyrrole nitrogens is 1. The zero-order valence-corrected chi connectivity index (χ0v) is 10.5. The number of hydrogen-bond donors (Lipinski definition) is 3. The summed E-state index contributed by atoms with van der Waals surface area (Å²) in [5.41, 5.74) is 1.68. The van der Waals surface area contributed by atoms with Crippen LogP contribution in [0, 0.1) is 12.3 Å². The minimum absolute atomic E-state index is 0.0315. The molecule has 0 bridgehead atoms. The largest absolute Gasteiger partial charge is 0.351 e. The molecule has 0 atom stereocenters. The van der Waals surface area contributed by atoms with E-state index in [4.69, 9.17) is 0 Å². The molecule has 1 fully saturated rings. The van der Waals surface area contributed by atoms with Crippen molar-refractivity contribution < 1.29 is 4.79 Å². The van der Waals surface area contributed by atoms with Gasteiger partial charge in [0.2, 0.25) is 0 Å². The van der Waals surface area contributed by atoms with E-state index in [1.54, 1.807) is 6.20 Å². The van der Waals surface area contributed by atoms with Crippen LogP contribution in [0.1, 0.15) is 35.8 Å². The maximum absolute atomic E-state index is 11.9. The van der Waals surface area contributed by atoms with Gasteiger partial charge in [-0.2, -0.15) is 5.10 Å². The summed E-state index contributed by atoms with van der Waals surface area (Å²) in [4.78, 5) is 11.9. The van der Waals surface area contributed by atoms with Crippen molar-refractivity contribution in [3.63, 3.8) is 0 Å². The fourth-order valence-electron chi connectivity index (χ4n) is 2.18. The first-order valence-corrected chi connectivity index (χ1v) is 6.10. The van der Waals surface area contributed by atoms with Crippen molar-refractivity contribution in [3.8, 4) is 0 Å². The van der Waals surface area contributed by atoms with Gasteiger partial charge in [0.15, 0.2) is 0 Å². The molecule has 1 amide bonds. The Morgan fingerprint density at radius 3 is 2.82 bits per heavy atom. The van der Waals surface area contributed by atoms with Crippen molar-refractivity contribution >= 4 is 5.91 Å². The molecule has 2 heterocycles. The summed E-state index contributed by atoms with van der Waals surface area (Å²) in [6.07, 6.45) is 3.80. The first-order valence-electron chi connectivity index (χ1n) is 6.10. The number of carbonyl (C=O) groups is 1. The SMILES string of the molecule is Cc1[nH]ncc1C(=O)NCC1(C)CCNCC1. The third-order valence-electron chi connectivity index (χ3n) is 3.56. The Labute approximate surface area is 101 Å². The van der Waals surface area contributed by atoms with Crippen LogP contribution < -0.4 is 10.6 Å². The Morgan fingerprint density at radius 2 is 2.24 bits per heavy atom. The summed E-state index contributed by atoms with van der Waals surface area (Å²) in [6, 6.07) is 0. The van der Waals surface area contributed by atoms with Crippen LogP contribution in [0.2, 0.25) is 0 Å². The summed E-state index contributed by atoms with van der Waals surface area (Å²) in [5.74, 6) is -0.0315. The molecule has 0 saturated carbocycles. The lowest BCUT2D eigenvalue weighted by Gasteiger charge is -2.34. The molecule has 1 aliphatic heterocycles. The highest BCUT2D eigenvalue weighted by atomic mass is 16.1. The highest BCUT2D eigenvalue weighted by molar-refractivity contribution is 5.94. The fourth-order valence-corrected chi connectivity index (χ4v) is 2.18. The van der Waals surface area contributed by atoms with Crippen molar-refractivity contribution in [3.05, 3.63) is 17.5 Å². The van der Waals surface area contributed by atoms with Crippen LogP contribution in [0.5, 0.6) is 0 Å². The first-order chi connectivity index (χ1) is 8.11. The molecular formula is C12H20N4O. The van der Waals surface area contributed by atoms with E-state index in [1.807, 2.05) is 6.92 Å². The van der Waals surface area contributed by atoms with Gasteiger partial charge in [-0.15, -0.1) is 0 Å². The van der Waals surface area contributed by atoms with Gasteiger partial charge < -0.3 is 10.6 Å². The van der Waals surface area contributed by atoms with Crippen LogP contribution >= 0.6 is 0 Å². The van der Waals surface area contributed by atoms with Crippen LogP contribution in [-0.2, 0) is 0 Å². The lowest BCUT2D eigenvalue weighted by molar-refractivity contribution is 0.0921. The molecule has 1 saturated heterocycles. The molecule has 1 aromatic rings. The molecule has 5 heteroatoms. The number of hydrogen-bond acceptors (Lipinski definition) is 3. The number of nitrogens with zero attached hydrogens (tertiary/aromatic N) is 1. The van der Waals surface area contributed by atoms with E-state index in [0.29, 0.717) is 5.56 Å². The van der Waals surface area contributed by atoms with Gasteiger partial charge in [-0.1, -0.05) is 6.92 Å². The zero-order chi connectivity index (χ0) is 12.3. The van der Waals surface area contributed by atoms with E-state index in [1.165, 1.54) is 0 Å². The van der Waals surface area contributed by atoms with Crippen LogP contribution in [0.15, 0.2) is 6.20 Å². The van der Waals surface area contributed by atoms with Gasteiger partial charge in [0.1, 0.15) is 0 Å². The van der Waals surface area contributed by atoms with E-state index in [2.05, 4.69) is 27.8 Å². The van der Waals surface area contributed by atoms with Crippen LogP contribution in [0.3, 0.4) is 0 Å². The van der Waals surface area contributed by atoms with Gasteiger partial charge in [-0.3, -0.25) is 9.89 Å². The van der Waals surface area contributed by atoms with E-state index < -0.39 is 0 Å². The second-order valence-electron chi connectivity index (χ2n) is 5.15. The van der Waals surface area contributed by atoms with Gasteiger partial charge in [0, 0.05) is 12.2 Å². The lowest BCUT2D eigenvalue weighted by Crippen LogP contribution is -2.42. The topological polar surface area (TPSA) is 69.8 Å². The molecule has 2 rings (SSSR count). The first kappa shape index (κ1) is 12.1. The Balaban J connectivity index is 1.90. The third kappa shape index (κ3) is 2.85. The Morgan fingerprint density at radius 1 is 1.53 bits per heavy atom. The number of amides is 1. The summed E-state index contributed by atoms with van der Waals surface area (Å²) in [6.45, 7) is 6.90. The van der Waals surface area contributed by atoms with Crippen LogP contribution in [0.25, 0.3) is 0 Å². The highest BCUT2D eigenvalue weighted by Gasteiger charge is 2.27. The Kier molecular flexibility index (Phi) is 3.47. The number of aromatic nitrogens is 2. The van der Waals surface area contributed by atoms with Crippen LogP contribution in [0.4, 0.5) is 0 Å². The predicted octanol–water partition coefficient (Wildman–Crippen LogP) is 0.838. The predicted molar refractivity (Wildman–Crippen MR) is 65.9 cm³/mol. The fraction of sp³-hybridized carbons (Fsp3) is 0.667. The summed E-state index contributed by atoms with van der Waals surface area (Å²) < 4.78 is 0. The van der Waals surface area contributed by atoms with E-state index in [9.17, 15) is 4.79 Å². The summed E-state index contributed by atoms with van der Waals surface area (Å²) in [5, 5.41) is 13.0. The van der Waals surface area contributed by atoms with E-state index in [-0.39, 0.29) is 11.3 Å².